The summed E-state index contributed by atoms with van der Waals surface area (Å²) in [7, 11) is -3.62. The normalized spacial score (nSPS) is 13.2. The van der Waals surface area contributed by atoms with Gasteiger partial charge in [-0.05, 0) is 44.0 Å². The molecule has 0 aromatic heterocycles. The molecule has 0 fully saturated rings. The molecule has 0 saturated heterocycles. The predicted octanol–water partition coefficient (Wildman–Crippen LogP) is 2.06. The van der Waals surface area contributed by atoms with Crippen LogP contribution in [0.15, 0.2) is 17.0 Å². The molecule has 1 aromatic carbocycles. The summed E-state index contributed by atoms with van der Waals surface area (Å²) in [5.74, 6) is -0.353. The molecular weight excluding hydrogens is 274 g/mol. The van der Waals surface area contributed by atoms with E-state index in [4.69, 9.17) is 11.0 Å². The Balaban J connectivity index is 3.25. The number of benzene rings is 1. The zero-order valence-corrected chi connectivity index (χ0v) is 13.2. The maximum atomic E-state index is 12.6. The Morgan fingerprint density at radius 1 is 1.40 bits per heavy atom. The molecule has 0 spiro atoms. The van der Waals surface area contributed by atoms with E-state index in [-0.39, 0.29) is 17.4 Å². The van der Waals surface area contributed by atoms with E-state index in [1.165, 1.54) is 10.4 Å². The molecule has 1 unspecified atom stereocenters. The average molecular weight is 295 g/mol. The lowest BCUT2D eigenvalue weighted by atomic mass is 10.1. The Morgan fingerprint density at radius 2 is 2.00 bits per heavy atom. The van der Waals surface area contributed by atoms with Gasteiger partial charge in [0.25, 0.3) is 0 Å². The second kappa shape index (κ2) is 6.25. The number of anilines is 1. The van der Waals surface area contributed by atoms with Crippen molar-refractivity contribution in [2.24, 2.45) is 5.92 Å². The molecule has 5 nitrogen and oxygen atoms in total. The molecule has 0 amide bonds. The van der Waals surface area contributed by atoms with Crippen LogP contribution in [0, 0.1) is 31.1 Å². The minimum atomic E-state index is -3.62. The molecule has 0 saturated carbocycles. The van der Waals surface area contributed by atoms with Crippen molar-refractivity contribution >= 4 is 15.7 Å². The van der Waals surface area contributed by atoms with Crippen LogP contribution in [0.2, 0.25) is 0 Å². The predicted molar refractivity (Wildman–Crippen MR) is 79.5 cm³/mol. The molecule has 1 rings (SSSR count). The summed E-state index contributed by atoms with van der Waals surface area (Å²) in [6, 6.07) is 5.16. The summed E-state index contributed by atoms with van der Waals surface area (Å²) in [5.41, 5.74) is 8.04. The quantitative estimate of drug-likeness (QED) is 0.842. The number of sulfonamides is 1. The molecular formula is C14H21N3O2S. The Bertz CT molecular complexity index is 609. The third kappa shape index (κ3) is 3.30. The number of nitrogen functional groups attached to an aromatic ring is 1. The molecule has 0 aliphatic heterocycles. The van der Waals surface area contributed by atoms with Gasteiger partial charge in [0.1, 0.15) is 0 Å². The molecule has 110 valence electrons. The lowest BCUT2D eigenvalue weighted by Crippen LogP contribution is -2.34. The number of hydrogen-bond donors (Lipinski definition) is 1. The van der Waals surface area contributed by atoms with Crippen LogP contribution in [0.3, 0.4) is 0 Å². The second-order valence-corrected chi connectivity index (χ2v) is 6.88. The van der Waals surface area contributed by atoms with Crippen molar-refractivity contribution in [1.82, 2.24) is 4.31 Å². The minimum Gasteiger partial charge on any atom is -0.398 e. The van der Waals surface area contributed by atoms with E-state index in [1.807, 2.05) is 13.8 Å². The van der Waals surface area contributed by atoms with Gasteiger partial charge in [-0.3, -0.25) is 0 Å². The number of hydrogen-bond acceptors (Lipinski definition) is 4. The van der Waals surface area contributed by atoms with E-state index < -0.39 is 10.0 Å². The van der Waals surface area contributed by atoms with Crippen molar-refractivity contribution in [3.8, 4) is 6.07 Å². The molecule has 1 aromatic rings. The van der Waals surface area contributed by atoms with E-state index in [0.717, 1.165) is 11.1 Å². The largest absolute Gasteiger partial charge is 0.398 e. The van der Waals surface area contributed by atoms with Gasteiger partial charge < -0.3 is 5.73 Å². The Morgan fingerprint density at radius 3 is 2.45 bits per heavy atom. The lowest BCUT2D eigenvalue weighted by Gasteiger charge is -2.22. The second-order valence-electron chi connectivity index (χ2n) is 4.94. The topological polar surface area (TPSA) is 87.2 Å². The van der Waals surface area contributed by atoms with Crippen molar-refractivity contribution in [2.45, 2.75) is 32.6 Å². The van der Waals surface area contributed by atoms with Crippen LogP contribution in [-0.2, 0) is 10.0 Å². The van der Waals surface area contributed by atoms with Crippen LogP contribution >= 0.6 is 0 Å². The van der Waals surface area contributed by atoms with Gasteiger partial charge in [0.05, 0.1) is 16.9 Å². The van der Waals surface area contributed by atoms with Gasteiger partial charge in [-0.2, -0.15) is 9.57 Å². The van der Waals surface area contributed by atoms with Gasteiger partial charge in [-0.1, -0.05) is 6.92 Å². The summed E-state index contributed by atoms with van der Waals surface area (Å²) in [6.45, 7) is 7.65. The van der Waals surface area contributed by atoms with Crippen LogP contribution in [-0.4, -0.2) is 25.8 Å². The fourth-order valence-electron chi connectivity index (χ4n) is 1.89. The summed E-state index contributed by atoms with van der Waals surface area (Å²) >= 11 is 0. The Labute approximate surface area is 121 Å². The molecule has 2 N–H and O–H groups in total. The highest BCUT2D eigenvalue weighted by atomic mass is 32.2. The highest BCUT2D eigenvalue weighted by Crippen LogP contribution is 2.24. The molecule has 20 heavy (non-hydrogen) atoms. The first kappa shape index (κ1) is 16.5. The fraction of sp³-hybridized carbons (Fsp3) is 0.500. The average Bonchev–Trinajstić information content (AvgIpc) is 2.40. The van der Waals surface area contributed by atoms with Crippen molar-refractivity contribution in [2.75, 3.05) is 18.8 Å². The van der Waals surface area contributed by atoms with Gasteiger partial charge in [0, 0.05) is 18.8 Å². The van der Waals surface area contributed by atoms with Crippen LogP contribution < -0.4 is 5.73 Å². The summed E-state index contributed by atoms with van der Waals surface area (Å²) in [5, 5.41) is 8.85. The maximum Gasteiger partial charge on any atom is 0.243 e. The van der Waals surface area contributed by atoms with Crippen LogP contribution in [0.1, 0.15) is 25.0 Å². The van der Waals surface area contributed by atoms with Gasteiger partial charge in [0.15, 0.2) is 0 Å². The van der Waals surface area contributed by atoms with E-state index in [1.54, 1.807) is 19.9 Å². The van der Waals surface area contributed by atoms with Gasteiger partial charge in [-0.25, -0.2) is 8.42 Å². The monoisotopic (exact) mass is 295 g/mol. The Hall–Kier alpha value is -1.58. The SMILES string of the molecule is CCN(CC(C)C#N)S(=O)(=O)c1cc(C)c(C)c(N)c1. The highest BCUT2D eigenvalue weighted by molar-refractivity contribution is 7.89. The number of nitriles is 1. The van der Waals surface area contributed by atoms with Crippen LogP contribution in [0.25, 0.3) is 0 Å². The number of rotatable bonds is 5. The van der Waals surface area contributed by atoms with E-state index >= 15 is 0 Å². The summed E-state index contributed by atoms with van der Waals surface area (Å²) in [6.07, 6.45) is 0. The lowest BCUT2D eigenvalue weighted by molar-refractivity contribution is 0.400. The van der Waals surface area contributed by atoms with Crippen molar-refractivity contribution in [1.29, 1.82) is 5.26 Å². The number of nitrogens with two attached hydrogens (primary N) is 1. The fourth-order valence-corrected chi connectivity index (χ4v) is 3.55. The van der Waals surface area contributed by atoms with E-state index in [0.29, 0.717) is 12.2 Å². The molecule has 0 heterocycles. The molecule has 0 radical (unpaired) electrons. The van der Waals surface area contributed by atoms with Crippen molar-refractivity contribution in [3.63, 3.8) is 0 Å². The highest BCUT2D eigenvalue weighted by Gasteiger charge is 2.25. The van der Waals surface area contributed by atoms with Crippen molar-refractivity contribution < 1.29 is 8.42 Å². The smallest absolute Gasteiger partial charge is 0.243 e. The molecule has 0 bridgehead atoms. The number of aryl methyl sites for hydroxylation is 1. The first-order valence-corrected chi connectivity index (χ1v) is 7.94. The third-order valence-corrected chi connectivity index (χ3v) is 5.29. The first-order valence-electron chi connectivity index (χ1n) is 6.50. The van der Waals surface area contributed by atoms with E-state index in [2.05, 4.69) is 6.07 Å². The molecule has 0 aliphatic carbocycles. The van der Waals surface area contributed by atoms with Gasteiger partial charge in [0.2, 0.25) is 10.0 Å². The third-order valence-electron chi connectivity index (χ3n) is 3.37. The zero-order valence-electron chi connectivity index (χ0n) is 12.3. The van der Waals surface area contributed by atoms with Gasteiger partial charge in [-0.15, -0.1) is 0 Å². The van der Waals surface area contributed by atoms with Crippen molar-refractivity contribution in [3.05, 3.63) is 23.3 Å². The van der Waals surface area contributed by atoms with E-state index in [9.17, 15) is 8.42 Å². The summed E-state index contributed by atoms with van der Waals surface area (Å²) < 4.78 is 26.5. The maximum absolute atomic E-state index is 12.6. The number of nitrogens with zero attached hydrogens (tertiary/aromatic N) is 2. The molecule has 6 heteroatoms. The minimum absolute atomic E-state index is 0.183. The zero-order chi connectivity index (χ0) is 15.5. The van der Waals surface area contributed by atoms with Crippen LogP contribution in [0.4, 0.5) is 5.69 Å². The molecule has 1 atom stereocenters. The standard InChI is InChI=1S/C14H21N3O2S/c1-5-17(9-10(2)8-15)20(18,19)13-6-11(3)12(4)14(16)7-13/h6-7,10H,5,9,16H2,1-4H3. The molecule has 0 aliphatic rings. The Kier molecular flexibility index (Phi) is 5.15. The summed E-state index contributed by atoms with van der Waals surface area (Å²) in [4.78, 5) is 0.185. The van der Waals surface area contributed by atoms with Gasteiger partial charge >= 0.3 is 0 Å². The van der Waals surface area contributed by atoms with Crippen LogP contribution in [0.5, 0.6) is 0 Å². The first-order chi connectivity index (χ1) is 9.23.